The molecule has 0 fully saturated rings. The van der Waals surface area contributed by atoms with E-state index in [2.05, 4.69) is 10.3 Å². The van der Waals surface area contributed by atoms with Crippen LogP contribution in [0, 0.1) is 5.92 Å². The van der Waals surface area contributed by atoms with Crippen LogP contribution in [0.5, 0.6) is 5.75 Å². The van der Waals surface area contributed by atoms with E-state index < -0.39 is 6.10 Å². The van der Waals surface area contributed by atoms with Crippen LogP contribution >= 0.6 is 0 Å². The first-order valence-corrected chi connectivity index (χ1v) is 6.58. The van der Waals surface area contributed by atoms with Crippen LogP contribution in [0.1, 0.15) is 37.7 Å². The van der Waals surface area contributed by atoms with Gasteiger partial charge < -0.3 is 15.2 Å². The predicted octanol–water partition coefficient (Wildman–Crippen LogP) is 1.62. The first-order chi connectivity index (χ1) is 9.04. The number of amides is 1. The van der Waals surface area contributed by atoms with Gasteiger partial charge in [0.2, 0.25) is 0 Å². The molecule has 0 saturated carbocycles. The lowest BCUT2D eigenvalue weighted by Gasteiger charge is -2.14. The van der Waals surface area contributed by atoms with Gasteiger partial charge >= 0.3 is 0 Å². The second-order valence-electron chi connectivity index (χ2n) is 4.78. The summed E-state index contributed by atoms with van der Waals surface area (Å²) in [5, 5.41) is 12.4. The summed E-state index contributed by atoms with van der Waals surface area (Å²) in [6.07, 6.45) is 1.66. The summed E-state index contributed by atoms with van der Waals surface area (Å²) in [6, 6.07) is 3.42. The summed E-state index contributed by atoms with van der Waals surface area (Å²) in [6.45, 7) is 6.59. The van der Waals surface area contributed by atoms with Crippen molar-refractivity contribution < 1.29 is 14.6 Å². The van der Waals surface area contributed by atoms with Crippen molar-refractivity contribution in [2.24, 2.45) is 5.92 Å². The lowest BCUT2D eigenvalue weighted by Crippen LogP contribution is -2.33. The molecule has 1 heterocycles. The Kier molecular flexibility index (Phi) is 6.29. The van der Waals surface area contributed by atoms with Crippen LogP contribution < -0.4 is 10.1 Å². The molecule has 1 atom stereocenters. The van der Waals surface area contributed by atoms with Gasteiger partial charge in [-0.25, -0.2) is 4.98 Å². The molecule has 0 bridgehead atoms. The topological polar surface area (TPSA) is 71.5 Å². The molecule has 0 radical (unpaired) electrons. The molecule has 0 aliphatic heterocycles. The molecule has 1 aromatic heterocycles. The number of hydrogen-bond donors (Lipinski definition) is 2. The van der Waals surface area contributed by atoms with Gasteiger partial charge in [-0.3, -0.25) is 4.79 Å². The van der Waals surface area contributed by atoms with E-state index >= 15 is 0 Å². The summed E-state index contributed by atoms with van der Waals surface area (Å²) < 4.78 is 5.34. The number of aliphatic hydroxyl groups is 1. The van der Waals surface area contributed by atoms with Crippen LogP contribution in [-0.4, -0.2) is 35.3 Å². The molecule has 0 saturated heterocycles. The summed E-state index contributed by atoms with van der Waals surface area (Å²) in [5.74, 6) is 0.522. The maximum Gasteiger partial charge on any atom is 0.273 e. The molecular formula is C14H22N2O3. The molecular weight excluding hydrogens is 244 g/mol. The van der Waals surface area contributed by atoms with Gasteiger partial charge in [0.1, 0.15) is 0 Å². The third-order valence-corrected chi connectivity index (χ3v) is 2.53. The third-order valence-electron chi connectivity index (χ3n) is 2.53. The summed E-state index contributed by atoms with van der Waals surface area (Å²) in [7, 11) is 0. The Balaban J connectivity index is 2.58. The largest absolute Gasteiger partial charge is 0.491 e. The lowest BCUT2D eigenvalue weighted by molar-refractivity contribution is 0.0891. The second kappa shape index (κ2) is 7.74. The Morgan fingerprint density at radius 3 is 2.89 bits per heavy atom. The number of nitrogens with one attached hydrogen (secondary N) is 1. The van der Waals surface area contributed by atoms with E-state index in [1.165, 1.54) is 0 Å². The molecule has 1 rings (SSSR count). The number of hydrogen-bond acceptors (Lipinski definition) is 4. The van der Waals surface area contributed by atoms with Crippen LogP contribution in [0.25, 0.3) is 0 Å². The third kappa shape index (κ3) is 5.26. The Labute approximate surface area is 114 Å². The molecule has 0 spiro atoms. The van der Waals surface area contributed by atoms with Gasteiger partial charge in [-0.05, 0) is 31.4 Å². The molecule has 1 aromatic rings. The van der Waals surface area contributed by atoms with Crippen molar-refractivity contribution in [2.75, 3.05) is 13.2 Å². The first kappa shape index (κ1) is 15.4. The fourth-order valence-electron chi connectivity index (χ4n) is 1.75. The number of nitrogens with zero attached hydrogens (tertiary/aromatic N) is 1. The number of aliphatic hydroxyl groups excluding tert-OH is 1. The lowest BCUT2D eigenvalue weighted by atomic mass is 10.1. The molecule has 1 amide bonds. The van der Waals surface area contributed by atoms with Crippen LogP contribution in [0.3, 0.4) is 0 Å². The molecule has 5 heteroatoms. The van der Waals surface area contributed by atoms with Crippen molar-refractivity contribution in [3.8, 4) is 5.75 Å². The summed E-state index contributed by atoms with van der Waals surface area (Å²) >= 11 is 0. The van der Waals surface area contributed by atoms with Gasteiger partial charge in [0.15, 0.2) is 11.4 Å². The molecule has 0 aliphatic rings. The van der Waals surface area contributed by atoms with E-state index in [1.54, 1.807) is 18.3 Å². The van der Waals surface area contributed by atoms with Crippen molar-refractivity contribution in [2.45, 2.75) is 33.3 Å². The van der Waals surface area contributed by atoms with Crippen LogP contribution in [0.2, 0.25) is 0 Å². The van der Waals surface area contributed by atoms with Gasteiger partial charge in [0, 0.05) is 12.7 Å². The minimum absolute atomic E-state index is 0.221. The Hall–Kier alpha value is -1.62. The highest BCUT2D eigenvalue weighted by molar-refractivity contribution is 5.94. The van der Waals surface area contributed by atoms with Gasteiger partial charge in [-0.1, -0.05) is 13.8 Å². The molecule has 5 nitrogen and oxygen atoms in total. The summed E-state index contributed by atoms with van der Waals surface area (Å²) in [4.78, 5) is 16.0. The number of carbonyl (C=O) groups is 1. The number of carbonyl (C=O) groups excluding carboxylic acids is 1. The highest BCUT2D eigenvalue weighted by atomic mass is 16.5. The minimum Gasteiger partial charge on any atom is -0.491 e. The van der Waals surface area contributed by atoms with Gasteiger partial charge in [-0.15, -0.1) is 0 Å². The molecule has 1 unspecified atom stereocenters. The van der Waals surface area contributed by atoms with Crippen molar-refractivity contribution >= 4 is 5.91 Å². The van der Waals surface area contributed by atoms with Crippen molar-refractivity contribution in [1.29, 1.82) is 0 Å². The molecule has 19 heavy (non-hydrogen) atoms. The van der Waals surface area contributed by atoms with Crippen LogP contribution in [0.4, 0.5) is 0 Å². The number of pyridine rings is 1. The zero-order chi connectivity index (χ0) is 14.3. The van der Waals surface area contributed by atoms with Crippen LogP contribution in [0.15, 0.2) is 18.3 Å². The van der Waals surface area contributed by atoms with Gasteiger partial charge in [0.05, 0.1) is 12.7 Å². The van der Waals surface area contributed by atoms with E-state index in [0.29, 0.717) is 24.7 Å². The van der Waals surface area contributed by atoms with Crippen molar-refractivity contribution in [3.63, 3.8) is 0 Å². The van der Waals surface area contributed by atoms with Crippen molar-refractivity contribution in [3.05, 3.63) is 24.0 Å². The number of rotatable bonds is 7. The Bertz CT molecular complexity index is 407. The summed E-state index contributed by atoms with van der Waals surface area (Å²) in [5.41, 5.74) is 0.251. The van der Waals surface area contributed by atoms with E-state index in [-0.39, 0.29) is 18.1 Å². The first-order valence-electron chi connectivity index (χ1n) is 6.58. The quantitative estimate of drug-likeness (QED) is 0.786. The zero-order valence-corrected chi connectivity index (χ0v) is 11.7. The fourth-order valence-corrected chi connectivity index (χ4v) is 1.75. The van der Waals surface area contributed by atoms with E-state index in [9.17, 15) is 9.90 Å². The number of ether oxygens (including phenoxy) is 1. The molecule has 0 aromatic carbocycles. The van der Waals surface area contributed by atoms with Crippen LogP contribution in [-0.2, 0) is 0 Å². The van der Waals surface area contributed by atoms with E-state index in [0.717, 1.165) is 0 Å². The van der Waals surface area contributed by atoms with Crippen molar-refractivity contribution in [1.82, 2.24) is 10.3 Å². The van der Waals surface area contributed by atoms with Gasteiger partial charge in [-0.2, -0.15) is 0 Å². The average Bonchev–Trinajstić information content (AvgIpc) is 2.36. The highest BCUT2D eigenvalue weighted by Crippen LogP contribution is 2.15. The fraction of sp³-hybridized carbons (Fsp3) is 0.571. The smallest absolute Gasteiger partial charge is 0.273 e. The van der Waals surface area contributed by atoms with Gasteiger partial charge in [0.25, 0.3) is 5.91 Å². The normalized spacial score (nSPS) is 12.3. The monoisotopic (exact) mass is 266 g/mol. The number of aromatic nitrogens is 1. The predicted molar refractivity (Wildman–Crippen MR) is 73.2 cm³/mol. The maximum absolute atomic E-state index is 12.0. The second-order valence-corrected chi connectivity index (χ2v) is 4.78. The standard InChI is InChI=1S/C14H22N2O3/c1-4-19-12-6-5-7-15-13(12)14(18)16-9-11(17)8-10(2)3/h5-7,10-11,17H,4,8-9H2,1-3H3,(H,16,18). The Morgan fingerprint density at radius 1 is 1.53 bits per heavy atom. The maximum atomic E-state index is 12.0. The highest BCUT2D eigenvalue weighted by Gasteiger charge is 2.15. The SMILES string of the molecule is CCOc1cccnc1C(=O)NCC(O)CC(C)C. The minimum atomic E-state index is -0.539. The zero-order valence-electron chi connectivity index (χ0n) is 11.7. The van der Waals surface area contributed by atoms with E-state index in [1.807, 2.05) is 20.8 Å². The molecule has 106 valence electrons. The Morgan fingerprint density at radius 2 is 2.26 bits per heavy atom. The average molecular weight is 266 g/mol. The molecule has 0 aliphatic carbocycles. The van der Waals surface area contributed by atoms with E-state index in [4.69, 9.17) is 4.74 Å². The molecule has 2 N–H and O–H groups in total.